The van der Waals surface area contributed by atoms with Crippen LogP contribution in [-0.2, 0) is 0 Å². The second kappa shape index (κ2) is 5.16. The quantitative estimate of drug-likeness (QED) is 0.778. The third-order valence-corrected chi connectivity index (χ3v) is 2.83. The molecule has 1 aromatic rings. The minimum Gasteiger partial charge on any atom is -0.394 e. The Morgan fingerprint density at radius 3 is 2.80 bits per heavy atom. The van der Waals surface area contributed by atoms with Crippen LogP contribution in [0.3, 0.4) is 0 Å². The Balaban J connectivity index is 2.75. The lowest BCUT2D eigenvalue weighted by Gasteiger charge is -2.21. The molecule has 0 bridgehead atoms. The predicted octanol–water partition coefficient (Wildman–Crippen LogP) is 2.56. The number of nitrogen functional groups attached to an aromatic ring is 1. The number of halogens is 1. The van der Waals surface area contributed by atoms with Gasteiger partial charge in [-0.1, -0.05) is 20.3 Å². The van der Waals surface area contributed by atoms with Gasteiger partial charge in [0.15, 0.2) is 5.82 Å². The molecule has 0 spiro atoms. The number of nitrogens with one attached hydrogen (secondary N) is 1. The standard InChI is InChI=1S/C10H17ClN4/c1-4-6(2)7(3)14-9-8(12)5-13-10(11)15-9/h5-7H,4,12H2,1-3H3,(H,13,14,15). The summed E-state index contributed by atoms with van der Waals surface area (Å²) in [7, 11) is 0. The zero-order valence-electron chi connectivity index (χ0n) is 9.29. The summed E-state index contributed by atoms with van der Waals surface area (Å²) in [6.07, 6.45) is 2.62. The number of rotatable bonds is 4. The first-order valence-electron chi connectivity index (χ1n) is 5.09. The number of nitrogens with two attached hydrogens (primary N) is 1. The second-order valence-corrected chi connectivity index (χ2v) is 4.10. The molecule has 0 fully saturated rings. The van der Waals surface area contributed by atoms with Crippen molar-refractivity contribution < 1.29 is 0 Å². The minimum atomic E-state index is 0.211. The lowest BCUT2D eigenvalue weighted by molar-refractivity contribution is 0.493. The van der Waals surface area contributed by atoms with Gasteiger partial charge in [0.2, 0.25) is 5.28 Å². The van der Waals surface area contributed by atoms with E-state index in [4.69, 9.17) is 17.3 Å². The lowest BCUT2D eigenvalue weighted by atomic mass is 10.0. The zero-order valence-corrected chi connectivity index (χ0v) is 10.0. The fourth-order valence-corrected chi connectivity index (χ4v) is 1.33. The van der Waals surface area contributed by atoms with Crippen LogP contribution in [0, 0.1) is 5.92 Å². The van der Waals surface area contributed by atoms with Crippen molar-refractivity contribution in [1.29, 1.82) is 0 Å². The Morgan fingerprint density at radius 2 is 2.20 bits per heavy atom. The van der Waals surface area contributed by atoms with Crippen LogP contribution in [0.25, 0.3) is 0 Å². The van der Waals surface area contributed by atoms with Gasteiger partial charge in [0.05, 0.1) is 11.9 Å². The Kier molecular flexibility index (Phi) is 4.15. The van der Waals surface area contributed by atoms with E-state index in [1.807, 2.05) is 0 Å². The summed E-state index contributed by atoms with van der Waals surface area (Å²) in [5.41, 5.74) is 6.26. The molecule has 2 unspecified atom stereocenters. The van der Waals surface area contributed by atoms with Crippen LogP contribution in [0.2, 0.25) is 5.28 Å². The van der Waals surface area contributed by atoms with Gasteiger partial charge in [0.1, 0.15) is 0 Å². The van der Waals surface area contributed by atoms with Gasteiger partial charge in [-0.15, -0.1) is 0 Å². The van der Waals surface area contributed by atoms with Crippen molar-refractivity contribution in [1.82, 2.24) is 9.97 Å². The maximum atomic E-state index is 5.73. The highest BCUT2D eigenvalue weighted by Crippen LogP contribution is 2.19. The fraction of sp³-hybridized carbons (Fsp3) is 0.600. The molecule has 3 N–H and O–H groups in total. The van der Waals surface area contributed by atoms with E-state index >= 15 is 0 Å². The molecule has 0 radical (unpaired) electrons. The maximum absolute atomic E-state index is 5.73. The van der Waals surface area contributed by atoms with E-state index in [-0.39, 0.29) is 5.28 Å². The first kappa shape index (κ1) is 12.0. The van der Waals surface area contributed by atoms with Crippen LogP contribution in [0.15, 0.2) is 6.20 Å². The lowest BCUT2D eigenvalue weighted by Crippen LogP contribution is -2.24. The first-order valence-corrected chi connectivity index (χ1v) is 5.47. The molecule has 0 aliphatic rings. The van der Waals surface area contributed by atoms with Gasteiger partial charge in [0, 0.05) is 6.04 Å². The van der Waals surface area contributed by atoms with Crippen molar-refractivity contribution >= 4 is 23.1 Å². The van der Waals surface area contributed by atoms with E-state index in [9.17, 15) is 0 Å². The molecule has 1 rings (SSSR count). The molecule has 0 saturated heterocycles. The molecule has 5 heteroatoms. The second-order valence-electron chi connectivity index (χ2n) is 3.76. The molecule has 1 aromatic heterocycles. The van der Waals surface area contributed by atoms with Crippen molar-refractivity contribution in [2.75, 3.05) is 11.1 Å². The third kappa shape index (κ3) is 3.23. The van der Waals surface area contributed by atoms with Gasteiger partial charge in [0.25, 0.3) is 0 Å². The highest BCUT2D eigenvalue weighted by molar-refractivity contribution is 6.28. The molecular weight excluding hydrogens is 212 g/mol. The van der Waals surface area contributed by atoms with E-state index in [1.165, 1.54) is 6.20 Å². The van der Waals surface area contributed by atoms with E-state index < -0.39 is 0 Å². The van der Waals surface area contributed by atoms with E-state index in [1.54, 1.807) is 0 Å². The Hall–Kier alpha value is -1.03. The summed E-state index contributed by atoms with van der Waals surface area (Å²) in [6.45, 7) is 6.43. The highest BCUT2D eigenvalue weighted by Gasteiger charge is 2.12. The van der Waals surface area contributed by atoms with Gasteiger partial charge in [-0.3, -0.25) is 0 Å². The summed E-state index contributed by atoms with van der Waals surface area (Å²) < 4.78 is 0. The van der Waals surface area contributed by atoms with Crippen LogP contribution < -0.4 is 11.1 Å². The summed E-state index contributed by atoms with van der Waals surface area (Å²) in [4.78, 5) is 7.85. The first-order chi connectivity index (χ1) is 7.04. The van der Waals surface area contributed by atoms with Gasteiger partial charge >= 0.3 is 0 Å². The predicted molar refractivity (Wildman–Crippen MR) is 64.0 cm³/mol. The molecule has 0 aliphatic carbocycles. The van der Waals surface area contributed by atoms with Crippen LogP contribution in [0.5, 0.6) is 0 Å². The number of anilines is 2. The summed E-state index contributed by atoms with van der Waals surface area (Å²) in [6, 6.07) is 0.309. The molecule has 0 saturated carbocycles. The van der Waals surface area contributed by atoms with E-state index in [2.05, 4.69) is 36.1 Å². The average Bonchev–Trinajstić information content (AvgIpc) is 2.22. The molecule has 15 heavy (non-hydrogen) atoms. The smallest absolute Gasteiger partial charge is 0.224 e. The van der Waals surface area contributed by atoms with Gasteiger partial charge < -0.3 is 11.1 Å². The molecule has 0 aliphatic heterocycles. The molecular formula is C10H17ClN4. The van der Waals surface area contributed by atoms with Gasteiger partial charge in [-0.05, 0) is 24.4 Å². The molecule has 84 valence electrons. The Bertz CT molecular complexity index is 329. The van der Waals surface area contributed by atoms with Crippen LogP contribution in [0.1, 0.15) is 27.2 Å². The SMILES string of the molecule is CCC(C)C(C)Nc1nc(Cl)ncc1N. The topological polar surface area (TPSA) is 63.8 Å². The number of aromatic nitrogens is 2. The Morgan fingerprint density at radius 1 is 1.53 bits per heavy atom. The van der Waals surface area contributed by atoms with Crippen LogP contribution in [0.4, 0.5) is 11.5 Å². The summed E-state index contributed by atoms with van der Waals surface area (Å²) in [5, 5.41) is 3.45. The normalized spacial score (nSPS) is 14.7. The van der Waals surface area contributed by atoms with Crippen molar-refractivity contribution in [2.45, 2.75) is 33.2 Å². The summed E-state index contributed by atoms with van der Waals surface area (Å²) >= 11 is 5.70. The maximum Gasteiger partial charge on any atom is 0.224 e. The highest BCUT2D eigenvalue weighted by atomic mass is 35.5. The fourth-order valence-electron chi connectivity index (χ4n) is 1.20. The largest absolute Gasteiger partial charge is 0.394 e. The zero-order chi connectivity index (χ0) is 11.4. The Labute approximate surface area is 95.3 Å². The van der Waals surface area contributed by atoms with Crippen LogP contribution >= 0.6 is 11.6 Å². The number of hydrogen-bond donors (Lipinski definition) is 2. The van der Waals surface area contributed by atoms with Crippen molar-refractivity contribution in [3.63, 3.8) is 0 Å². The molecule has 0 aromatic carbocycles. The number of nitrogens with zero attached hydrogens (tertiary/aromatic N) is 2. The van der Waals surface area contributed by atoms with Gasteiger partial charge in [-0.2, -0.15) is 4.98 Å². The molecule has 2 atom stereocenters. The monoisotopic (exact) mass is 228 g/mol. The molecule has 0 amide bonds. The van der Waals surface area contributed by atoms with Gasteiger partial charge in [-0.25, -0.2) is 4.98 Å². The van der Waals surface area contributed by atoms with Crippen molar-refractivity contribution in [2.24, 2.45) is 5.92 Å². The van der Waals surface area contributed by atoms with E-state index in [0.717, 1.165) is 6.42 Å². The summed E-state index contributed by atoms with van der Waals surface area (Å²) in [5.74, 6) is 1.17. The number of hydrogen-bond acceptors (Lipinski definition) is 4. The van der Waals surface area contributed by atoms with E-state index in [0.29, 0.717) is 23.5 Å². The third-order valence-electron chi connectivity index (χ3n) is 2.65. The van der Waals surface area contributed by atoms with Crippen LogP contribution in [-0.4, -0.2) is 16.0 Å². The van der Waals surface area contributed by atoms with Crippen molar-refractivity contribution in [3.8, 4) is 0 Å². The molecule has 4 nitrogen and oxygen atoms in total. The van der Waals surface area contributed by atoms with Crippen molar-refractivity contribution in [3.05, 3.63) is 11.5 Å². The average molecular weight is 229 g/mol. The minimum absolute atomic E-state index is 0.211. The molecule has 1 heterocycles.